The molecule has 1 aromatic heterocycles. The molecule has 0 unspecified atom stereocenters. The molecule has 0 amide bonds. The molecule has 6 nitrogen and oxygen atoms in total. The molecular formula is C36H34BF3NO5PS. The van der Waals surface area contributed by atoms with Crippen LogP contribution in [0.1, 0.15) is 27.7 Å². The Hall–Kier alpha value is -3.86. The van der Waals surface area contributed by atoms with Crippen molar-refractivity contribution in [1.29, 1.82) is 0 Å². The molecule has 48 heavy (non-hydrogen) atoms. The zero-order chi connectivity index (χ0) is 34.5. The van der Waals surface area contributed by atoms with E-state index in [1.54, 1.807) is 103 Å². The van der Waals surface area contributed by atoms with Crippen LogP contribution in [-0.2, 0) is 23.4 Å². The Balaban J connectivity index is 1.63. The maximum absolute atomic E-state index is 14.5. The molecule has 1 saturated heterocycles. The van der Waals surface area contributed by atoms with Crippen LogP contribution in [-0.4, -0.2) is 37.2 Å². The van der Waals surface area contributed by atoms with Gasteiger partial charge in [-0.3, -0.25) is 0 Å². The Labute approximate surface area is 279 Å². The fraction of sp³-hybridized carbons (Fsp3) is 0.194. The first-order valence-corrected chi connectivity index (χ1v) is 18.8. The van der Waals surface area contributed by atoms with Gasteiger partial charge in [0.2, 0.25) is 0 Å². The third kappa shape index (κ3) is 5.38. The minimum absolute atomic E-state index is 0.220. The Kier molecular flexibility index (Phi) is 8.46. The number of benzene rings is 4. The molecule has 0 radical (unpaired) electrons. The molecule has 2 heterocycles. The molecule has 0 saturated carbocycles. The second kappa shape index (κ2) is 11.9. The van der Waals surface area contributed by atoms with Gasteiger partial charge < -0.3 is 0 Å². The van der Waals surface area contributed by atoms with Gasteiger partial charge in [0, 0.05) is 0 Å². The summed E-state index contributed by atoms with van der Waals surface area (Å²) in [5, 5.41) is 1.02. The molecule has 1 fully saturated rings. The second-order valence-corrected chi connectivity index (χ2v) is 18.7. The van der Waals surface area contributed by atoms with Crippen molar-refractivity contribution in [1.82, 2.24) is 4.98 Å². The number of alkyl halides is 3. The first-order valence-electron chi connectivity index (χ1n) is 15.3. The Morgan fingerprint density at radius 1 is 0.667 bits per heavy atom. The van der Waals surface area contributed by atoms with Crippen LogP contribution in [0, 0.1) is 0 Å². The predicted molar refractivity (Wildman–Crippen MR) is 186 cm³/mol. The normalized spacial score (nSPS) is 17.1. The fourth-order valence-electron chi connectivity index (χ4n) is 6.08. The second-order valence-electron chi connectivity index (χ2n) is 12.6. The van der Waals surface area contributed by atoms with Crippen molar-refractivity contribution in [2.24, 2.45) is 0 Å². The average molecular weight is 692 g/mol. The number of halogens is 3. The number of pyridine rings is 1. The van der Waals surface area contributed by atoms with Crippen molar-refractivity contribution in [3.63, 3.8) is 0 Å². The number of rotatable bonds is 8. The van der Waals surface area contributed by atoms with Crippen LogP contribution in [0.3, 0.4) is 0 Å². The van der Waals surface area contributed by atoms with E-state index in [4.69, 9.17) is 13.3 Å². The van der Waals surface area contributed by atoms with Gasteiger partial charge in [-0.25, -0.2) is 0 Å². The summed E-state index contributed by atoms with van der Waals surface area (Å²) < 4.78 is 88.6. The van der Waals surface area contributed by atoms with Crippen LogP contribution >= 0.6 is 6.83 Å². The van der Waals surface area contributed by atoms with Crippen LogP contribution < -0.4 is 26.7 Å². The van der Waals surface area contributed by atoms with Gasteiger partial charge in [-0.05, 0) is 0 Å². The first kappa shape index (κ1) is 34.0. The topological polar surface area (TPSA) is 74.7 Å². The summed E-state index contributed by atoms with van der Waals surface area (Å²) in [6, 6.07) is 35.3. The molecule has 0 atom stereocenters. The van der Waals surface area contributed by atoms with Crippen molar-refractivity contribution < 1.29 is 34.9 Å². The SMILES string of the molecule is CC1(C)OB(c2ccc(-c3cc(P(OS(=O)(=O)C(F)(F)F)(c4ccccc4)(c4ccccc4)c4ccccc4)ccn3)cc2)OC1(C)C. The summed E-state index contributed by atoms with van der Waals surface area (Å²) in [7, 11) is -6.80. The number of hydrogen-bond donors (Lipinski definition) is 0. The first-order chi connectivity index (χ1) is 22.6. The summed E-state index contributed by atoms with van der Waals surface area (Å²) >= 11 is 0. The summed E-state index contributed by atoms with van der Waals surface area (Å²) in [5.74, 6) is 0. The van der Waals surface area contributed by atoms with Crippen molar-refractivity contribution in [2.45, 2.75) is 44.4 Å². The molecule has 6 rings (SSSR count). The van der Waals surface area contributed by atoms with E-state index in [1.807, 2.05) is 52.0 Å². The Bertz CT molecular complexity index is 1910. The summed E-state index contributed by atoms with van der Waals surface area (Å²) in [6.07, 6.45) is 1.46. The van der Waals surface area contributed by atoms with E-state index in [1.165, 1.54) is 6.20 Å². The van der Waals surface area contributed by atoms with Crippen LogP contribution in [0.4, 0.5) is 13.2 Å². The molecule has 1 aliphatic rings. The third-order valence-corrected chi connectivity index (χ3v) is 16.9. The summed E-state index contributed by atoms with van der Waals surface area (Å²) in [5.41, 5.74) is -4.95. The van der Waals surface area contributed by atoms with Crippen molar-refractivity contribution in [3.05, 3.63) is 134 Å². The minimum atomic E-state index is -6.21. The fourth-order valence-corrected chi connectivity index (χ4v) is 14.1. The number of aromatic nitrogens is 1. The van der Waals surface area contributed by atoms with Crippen LogP contribution in [0.15, 0.2) is 134 Å². The van der Waals surface area contributed by atoms with Crippen molar-refractivity contribution in [2.75, 3.05) is 0 Å². The molecule has 0 N–H and O–H groups in total. The Morgan fingerprint density at radius 2 is 1.10 bits per heavy atom. The molecule has 0 aliphatic carbocycles. The van der Waals surface area contributed by atoms with Crippen LogP contribution in [0.25, 0.3) is 11.3 Å². The standard InChI is InChI=1S/C36H34BF3NO5PS/c1-34(2)35(3,4)45-37(44-34)28-22-20-27(21-23-28)33-26-32(24-25-41-33)47(29-14-8-5-9-15-29,30-16-10-6-11-17-30,31-18-12-7-13-19-31)46-48(42,43)36(38,39)40/h5-26H,1-4H3. The Morgan fingerprint density at radius 3 is 1.52 bits per heavy atom. The predicted octanol–water partition coefficient (Wildman–Crippen LogP) is 5.98. The molecule has 5 aromatic rings. The van der Waals surface area contributed by atoms with Crippen LogP contribution in [0.2, 0.25) is 0 Å². The van der Waals surface area contributed by atoms with Gasteiger partial charge in [-0.2, -0.15) is 0 Å². The van der Waals surface area contributed by atoms with Crippen molar-refractivity contribution >= 4 is 50.7 Å². The van der Waals surface area contributed by atoms with E-state index in [2.05, 4.69) is 4.98 Å². The van der Waals surface area contributed by atoms with Gasteiger partial charge in [0.15, 0.2) is 0 Å². The van der Waals surface area contributed by atoms with Gasteiger partial charge in [0.1, 0.15) is 0 Å². The van der Waals surface area contributed by atoms with E-state index in [0.29, 0.717) is 11.3 Å². The molecular weight excluding hydrogens is 657 g/mol. The van der Waals surface area contributed by atoms with E-state index in [0.717, 1.165) is 5.46 Å². The molecule has 0 bridgehead atoms. The zero-order valence-electron chi connectivity index (χ0n) is 26.8. The summed E-state index contributed by atoms with van der Waals surface area (Å²) in [6.45, 7) is 2.62. The zero-order valence-corrected chi connectivity index (χ0v) is 28.5. The molecule has 1 aliphatic heterocycles. The van der Waals surface area contributed by atoms with Gasteiger partial charge in [0.05, 0.1) is 0 Å². The van der Waals surface area contributed by atoms with Gasteiger partial charge in [-0.15, -0.1) is 0 Å². The van der Waals surface area contributed by atoms with Gasteiger partial charge >= 0.3 is 280 Å². The monoisotopic (exact) mass is 691 g/mol. The van der Waals surface area contributed by atoms with Crippen molar-refractivity contribution in [3.8, 4) is 11.3 Å². The van der Waals surface area contributed by atoms with E-state index >= 15 is 0 Å². The summed E-state index contributed by atoms with van der Waals surface area (Å²) in [4.78, 5) is 4.59. The number of nitrogens with zero attached hydrogens (tertiary/aromatic N) is 1. The van der Waals surface area contributed by atoms with Gasteiger partial charge in [-0.1, -0.05) is 0 Å². The van der Waals surface area contributed by atoms with E-state index in [-0.39, 0.29) is 21.2 Å². The van der Waals surface area contributed by atoms with Crippen LogP contribution in [0.5, 0.6) is 0 Å². The quantitative estimate of drug-likeness (QED) is 0.113. The number of hydrogen-bond acceptors (Lipinski definition) is 6. The average Bonchev–Trinajstić information content (AvgIpc) is 3.30. The van der Waals surface area contributed by atoms with Gasteiger partial charge in [0.25, 0.3) is 0 Å². The molecule has 248 valence electrons. The molecule has 4 aromatic carbocycles. The molecule has 12 heteroatoms. The van der Waals surface area contributed by atoms with E-state index in [9.17, 15) is 21.6 Å². The third-order valence-electron chi connectivity index (χ3n) is 9.25. The van der Waals surface area contributed by atoms with E-state index < -0.39 is 40.8 Å². The maximum atomic E-state index is 14.5. The molecule has 0 spiro atoms.